The third-order valence-electron chi connectivity index (χ3n) is 4.05. The van der Waals surface area contributed by atoms with E-state index < -0.39 is 18.3 Å². The molecule has 6 heteroatoms. The highest BCUT2D eigenvalue weighted by Gasteiger charge is 2.39. The summed E-state index contributed by atoms with van der Waals surface area (Å²) in [5.74, 6) is -0.0868. The molecule has 0 bridgehead atoms. The first-order chi connectivity index (χ1) is 9.86. The lowest BCUT2D eigenvalue weighted by atomic mass is 9.75. The van der Waals surface area contributed by atoms with Crippen molar-refractivity contribution >= 4 is 18.5 Å². The van der Waals surface area contributed by atoms with E-state index in [1.54, 1.807) is 60.0 Å². The number of hydrogen-bond donors (Lipinski definition) is 2. The highest BCUT2D eigenvalue weighted by Crippen LogP contribution is 2.25. The molecule has 1 rings (SSSR count). The Morgan fingerprint density at radius 2 is 1.77 bits per heavy atom. The van der Waals surface area contributed by atoms with E-state index in [2.05, 4.69) is 0 Å². The summed E-state index contributed by atoms with van der Waals surface area (Å²) in [5, 5.41) is 20.3. The number of carbonyl (C=O) groups is 1. The molecule has 0 aliphatic heterocycles. The first kappa shape index (κ1) is 18.7. The van der Waals surface area contributed by atoms with Gasteiger partial charge in [-0.1, -0.05) is 12.1 Å². The average molecular weight is 307 g/mol. The van der Waals surface area contributed by atoms with Gasteiger partial charge in [-0.25, -0.2) is 0 Å². The number of aliphatic hydroxyl groups is 1. The van der Waals surface area contributed by atoms with Crippen molar-refractivity contribution in [2.45, 2.75) is 45.8 Å². The number of nitrogens with zero attached hydrogens (tertiary/aromatic N) is 1. The largest absolute Gasteiger partial charge is 0.491 e. The lowest BCUT2D eigenvalue weighted by molar-refractivity contribution is -0.0982. The van der Waals surface area contributed by atoms with E-state index in [1.807, 2.05) is 6.92 Å². The Labute approximate surface area is 133 Å². The normalized spacial score (nSPS) is 12.2. The molecule has 0 aliphatic rings. The maximum atomic E-state index is 12.0. The molecule has 0 saturated carbocycles. The molecular weight excluding hydrogens is 281 g/mol. The molecule has 2 N–H and O–H groups in total. The third-order valence-corrected chi connectivity index (χ3v) is 4.05. The minimum absolute atomic E-state index is 0.0868. The second-order valence-corrected chi connectivity index (χ2v) is 6.81. The fraction of sp³-hybridized carbons (Fsp3) is 0.562. The van der Waals surface area contributed by atoms with Crippen molar-refractivity contribution in [3.05, 3.63) is 29.3 Å². The number of amides is 1. The van der Waals surface area contributed by atoms with Gasteiger partial charge in [0.2, 0.25) is 0 Å². The van der Waals surface area contributed by atoms with E-state index in [4.69, 9.17) is 4.65 Å². The Bertz CT molecular complexity index is 550. The molecule has 1 amide bonds. The average Bonchev–Trinajstić information content (AvgIpc) is 2.35. The van der Waals surface area contributed by atoms with Crippen molar-refractivity contribution in [1.82, 2.24) is 4.90 Å². The zero-order valence-corrected chi connectivity index (χ0v) is 14.5. The highest BCUT2D eigenvalue weighted by molar-refractivity contribution is 6.60. The molecule has 1 aromatic carbocycles. The van der Waals surface area contributed by atoms with Crippen LogP contribution < -0.4 is 5.46 Å². The zero-order chi connectivity index (χ0) is 17.3. The number of benzene rings is 1. The zero-order valence-electron chi connectivity index (χ0n) is 14.5. The van der Waals surface area contributed by atoms with Crippen LogP contribution in [-0.4, -0.2) is 53.4 Å². The Balaban J connectivity index is 3.00. The summed E-state index contributed by atoms with van der Waals surface area (Å²) in [6.07, 6.45) is 0. The van der Waals surface area contributed by atoms with Gasteiger partial charge in [0.1, 0.15) is 0 Å². The van der Waals surface area contributed by atoms with Gasteiger partial charge in [0.25, 0.3) is 5.91 Å². The quantitative estimate of drug-likeness (QED) is 0.795. The Morgan fingerprint density at radius 3 is 2.18 bits per heavy atom. The first-order valence-electron chi connectivity index (χ1n) is 7.27. The van der Waals surface area contributed by atoms with E-state index in [1.165, 1.54) is 4.90 Å². The van der Waals surface area contributed by atoms with Gasteiger partial charge in [-0.15, -0.1) is 0 Å². The molecule has 0 saturated heterocycles. The summed E-state index contributed by atoms with van der Waals surface area (Å²) in [6, 6.07) is 5.06. The van der Waals surface area contributed by atoms with Crippen molar-refractivity contribution < 1.29 is 19.6 Å². The standard InChI is InChI=1S/C16H26BNO4/c1-11-10-12(8-9-13(11)14(19)18(6)7)17(21)22-16(4,5)15(2,3)20/h8-10,20-21H,1-7H3. The monoisotopic (exact) mass is 307 g/mol. The first-order valence-corrected chi connectivity index (χ1v) is 7.27. The fourth-order valence-electron chi connectivity index (χ4n) is 1.81. The molecule has 0 heterocycles. The third kappa shape index (κ3) is 4.09. The van der Waals surface area contributed by atoms with E-state index in [-0.39, 0.29) is 5.91 Å². The second kappa shape index (κ2) is 6.40. The van der Waals surface area contributed by atoms with Crippen LogP contribution in [0.5, 0.6) is 0 Å². The van der Waals surface area contributed by atoms with Gasteiger partial charge < -0.3 is 19.7 Å². The molecule has 122 valence electrons. The van der Waals surface area contributed by atoms with E-state index in [0.29, 0.717) is 11.0 Å². The van der Waals surface area contributed by atoms with Crippen LogP contribution in [0.15, 0.2) is 18.2 Å². The SMILES string of the molecule is Cc1cc(B(O)OC(C)(C)C(C)(C)O)ccc1C(=O)N(C)C. The molecule has 0 atom stereocenters. The van der Waals surface area contributed by atoms with Gasteiger partial charge in [0.15, 0.2) is 0 Å². The van der Waals surface area contributed by atoms with Crippen LogP contribution in [0.1, 0.15) is 43.6 Å². The Kier molecular flexibility index (Phi) is 5.44. The Hall–Kier alpha value is -1.37. The van der Waals surface area contributed by atoms with Crippen molar-refractivity contribution in [2.75, 3.05) is 14.1 Å². The summed E-state index contributed by atoms with van der Waals surface area (Å²) in [6.45, 7) is 8.50. The van der Waals surface area contributed by atoms with E-state index >= 15 is 0 Å². The van der Waals surface area contributed by atoms with Crippen molar-refractivity contribution in [3.63, 3.8) is 0 Å². The molecule has 0 aliphatic carbocycles. The summed E-state index contributed by atoms with van der Waals surface area (Å²) in [7, 11) is 2.21. The number of rotatable bonds is 5. The van der Waals surface area contributed by atoms with Crippen molar-refractivity contribution in [1.29, 1.82) is 0 Å². The van der Waals surface area contributed by atoms with Crippen LogP contribution in [0.4, 0.5) is 0 Å². The van der Waals surface area contributed by atoms with Crippen molar-refractivity contribution in [2.24, 2.45) is 0 Å². The minimum Gasteiger partial charge on any atom is -0.423 e. The predicted octanol–water partition coefficient (Wildman–Crippen LogP) is 0.950. The van der Waals surface area contributed by atoms with Crippen LogP contribution >= 0.6 is 0 Å². The molecule has 5 nitrogen and oxygen atoms in total. The summed E-state index contributed by atoms with van der Waals surface area (Å²) in [5.41, 5.74) is -0.143. The van der Waals surface area contributed by atoms with Crippen LogP contribution in [0, 0.1) is 6.92 Å². The van der Waals surface area contributed by atoms with Crippen LogP contribution in [0.25, 0.3) is 0 Å². The number of carbonyl (C=O) groups excluding carboxylic acids is 1. The van der Waals surface area contributed by atoms with Gasteiger partial charge in [-0.3, -0.25) is 4.79 Å². The van der Waals surface area contributed by atoms with Gasteiger partial charge in [0.05, 0.1) is 11.2 Å². The smallest absolute Gasteiger partial charge is 0.423 e. The van der Waals surface area contributed by atoms with Gasteiger partial charge in [-0.2, -0.15) is 0 Å². The molecule has 22 heavy (non-hydrogen) atoms. The lowest BCUT2D eigenvalue weighted by Crippen LogP contribution is -2.53. The van der Waals surface area contributed by atoms with E-state index in [0.717, 1.165) is 5.56 Å². The van der Waals surface area contributed by atoms with Crippen LogP contribution in [0.3, 0.4) is 0 Å². The summed E-state index contributed by atoms with van der Waals surface area (Å²) < 4.78 is 5.60. The lowest BCUT2D eigenvalue weighted by Gasteiger charge is -2.38. The summed E-state index contributed by atoms with van der Waals surface area (Å²) in [4.78, 5) is 13.5. The van der Waals surface area contributed by atoms with E-state index in [9.17, 15) is 14.9 Å². The molecular formula is C16H26BNO4. The summed E-state index contributed by atoms with van der Waals surface area (Å²) >= 11 is 0. The molecule has 0 aromatic heterocycles. The predicted molar refractivity (Wildman–Crippen MR) is 88.3 cm³/mol. The van der Waals surface area contributed by atoms with Crippen LogP contribution in [-0.2, 0) is 4.65 Å². The van der Waals surface area contributed by atoms with Gasteiger partial charge in [0, 0.05) is 19.7 Å². The second-order valence-electron chi connectivity index (χ2n) is 6.81. The Morgan fingerprint density at radius 1 is 1.23 bits per heavy atom. The minimum atomic E-state index is -1.18. The molecule has 0 fully saturated rings. The van der Waals surface area contributed by atoms with Crippen LogP contribution in [0.2, 0.25) is 0 Å². The fourth-order valence-corrected chi connectivity index (χ4v) is 1.81. The molecule has 0 spiro atoms. The van der Waals surface area contributed by atoms with Crippen molar-refractivity contribution in [3.8, 4) is 0 Å². The molecule has 0 radical (unpaired) electrons. The maximum absolute atomic E-state index is 12.0. The maximum Gasteiger partial charge on any atom is 0.491 e. The topological polar surface area (TPSA) is 70.0 Å². The highest BCUT2D eigenvalue weighted by atomic mass is 16.5. The van der Waals surface area contributed by atoms with Gasteiger partial charge >= 0.3 is 7.12 Å². The number of hydrogen-bond acceptors (Lipinski definition) is 4. The van der Waals surface area contributed by atoms with Gasteiger partial charge in [-0.05, 0) is 51.7 Å². The molecule has 0 unspecified atom stereocenters. The number of aryl methyl sites for hydroxylation is 1. The molecule has 1 aromatic rings.